The first-order valence-corrected chi connectivity index (χ1v) is 12.9. The standard InChI is InChI=1S/C24H30F2N4O9S/c1-12(23(36)29-24(27)28)7-13-8-16(25)22(17(26)9-13)39-14-3-5-15(6-4-14)40(37,38)30(2)10-18(32)20(34)21(35)19(33)11-31/h3-9,18-21,31-35H,10-11H2,1-2H3,(H4,27,28,29,36)/t18-,19+,20+,21+/m0/s1. The van der Waals surface area contributed by atoms with Crippen molar-refractivity contribution in [2.24, 2.45) is 16.5 Å². The fourth-order valence-corrected chi connectivity index (χ4v) is 4.48. The van der Waals surface area contributed by atoms with E-state index in [0.29, 0.717) is 4.31 Å². The third-order valence-corrected chi connectivity index (χ3v) is 7.33. The minimum Gasteiger partial charge on any atom is -0.451 e. The van der Waals surface area contributed by atoms with Gasteiger partial charge < -0.3 is 41.7 Å². The SMILES string of the molecule is CC(=Cc1cc(F)c(Oc2ccc(S(=O)(=O)N(C)C[C@H](O)[C@@H](O)[C@H](O)[C@H](O)CO)cc2)c(F)c1)C(=O)N=C(N)N. The van der Waals surface area contributed by atoms with Crippen LogP contribution >= 0.6 is 0 Å². The van der Waals surface area contributed by atoms with Gasteiger partial charge in [-0.05, 0) is 55.0 Å². The third kappa shape index (κ3) is 8.25. The number of carbonyl (C=O) groups is 1. The number of sulfonamides is 1. The van der Waals surface area contributed by atoms with Crippen molar-refractivity contribution in [3.8, 4) is 11.5 Å². The first kappa shape index (κ1) is 32.7. The minimum atomic E-state index is -4.25. The van der Waals surface area contributed by atoms with Gasteiger partial charge in [0.1, 0.15) is 24.1 Å². The van der Waals surface area contributed by atoms with Crippen molar-refractivity contribution in [3.05, 3.63) is 59.2 Å². The molecule has 13 nitrogen and oxygen atoms in total. The molecule has 0 aliphatic rings. The van der Waals surface area contributed by atoms with Crippen molar-refractivity contribution < 1.29 is 52.3 Å². The molecule has 0 bridgehead atoms. The smallest absolute Gasteiger partial charge is 0.275 e. The molecule has 4 atom stereocenters. The van der Waals surface area contributed by atoms with Gasteiger partial charge in [0, 0.05) is 19.2 Å². The molecule has 0 aliphatic heterocycles. The monoisotopic (exact) mass is 588 g/mol. The molecule has 0 saturated heterocycles. The number of hydrogen-bond donors (Lipinski definition) is 7. The number of halogens is 2. The summed E-state index contributed by atoms with van der Waals surface area (Å²) in [5.41, 5.74) is 10.2. The number of carbonyl (C=O) groups excluding carboxylic acids is 1. The van der Waals surface area contributed by atoms with Gasteiger partial charge in [-0.25, -0.2) is 17.2 Å². The summed E-state index contributed by atoms with van der Waals surface area (Å²) >= 11 is 0. The lowest BCUT2D eigenvalue weighted by atomic mass is 10.0. The highest BCUT2D eigenvalue weighted by atomic mass is 32.2. The van der Waals surface area contributed by atoms with Crippen molar-refractivity contribution in [2.75, 3.05) is 20.2 Å². The Bertz CT molecular complexity index is 1340. The predicted octanol–water partition coefficient (Wildman–Crippen LogP) is -0.983. The Morgan fingerprint density at radius 2 is 1.57 bits per heavy atom. The van der Waals surface area contributed by atoms with E-state index in [1.807, 2.05) is 0 Å². The maximum absolute atomic E-state index is 14.6. The first-order valence-electron chi connectivity index (χ1n) is 11.5. The molecule has 0 heterocycles. The van der Waals surface area contributed by atoms with Crippen LogP contribution in [0.5, 0.6) is 11.5 Å². The molecule has 0 aromatic heterocycles. The van der Waals surface area contributed by atoms with Crippen LogP contribution in [-0.2, 0) is 14.8 Å². The summed E-state index contributed by atoms with van der Waals surface area (Å²) in [5.74, 6) is -4.44. The highest BCUT2D eigenvalue weighted by Crippen LogP contribution is 2.30. The molecule has 2 rings (SSSR count). The normalized spacial score (nSPS) is 15.3. The summed E-state index contributed by atoms with van der Waals surface area (Å²) < 4.78 is 60.8. The largest absolute Gasteiger partial charge is 0.451 e. The summed E-state index contributed by atoms with van der Waals surface area (Å²) in [6, 6.07) is 6.18. The van der Waals surface area contributed by atoms with E-state index in [4.69, 9.17) is 21.3 Å². The Labute approximate surface area is 228 Å². The second-order valence-corrected chi connectivity index (χ2v) is 10.7. The van der Waals surface area contributed by atoms with Gasteiger partial charge in [-0.2, -0.15) is 9.30 Å². The Balaban J connectivity index is 2.17. The van der Waals surface area contributed by atoms with Crippen molar-refractivity contribution in [1.29, 1.82) is 0 Å². The van der Waals surface area contributed by atoms with Gasteiger partial charge in [0.2, 0.25) is 10.0 Å². The number of hydrogen-bond acceptors (Lipinski definition) is 9. The summed E-state index contributed by atoms with van der Waals surface area (Å²) in [4.78, 5) is 14.8. The van der Waals surface area contributed by atoms with E-state index >= 15 is 0 Å². The fraction of sp³-hybridized carbons (Fsp3) is 0.333. The minimum absolute atomic E-state index is 0.00333. The lowest BCUT2D eigenvalue weighted by molar-refractivity contribution is -0.116. The average molecular weight is 589 g/mol. The molecular formula is C24H30F2N4O9S. The van der Waals surface area contributed by atoms with Gasteiger partial charge in [0.05, 0.1) is 17.6 Å². The Morgan fingerprint density at radius 1 is 1.05 bits per heavy atom. The average Bonchev–Trinajstić information content (AvgIpc) is 2.89. The maximum atomic E-state index is 14.6. The molecule has 220 valence electrons. The summed E-state index contributed by atoms with van der Waals surface area (Å²) in [7, 11) is -3.17. The predicted molar refractivity (Wildman–Crippen MR) is 138 cm³/mol. The lowest BCUT2D eigenvalue weighted by Crippen LogP contribution is -2.49. The van der Waals surface area contributed by atoms with E-state index in [9.17, 15) is 42.4 Å². The molecule has 2 aromatic carbocycles. The Hall–Kier alpha value is -3.51. The number of nitrogens with two attached hydrogens (primary N) is 2. The Morgan fingerprint density at radius 3 is 2.08 bits per heavy atom. The Kier molecular flexibility index (Phi) is 11.2. The van der Waals surface area contributed by atoms with E-state index in [1.165, 1.54) is 6.92 Å². The molecule has 0 radical (unpaired) electrons. The van der Waals surface area contributed by atoms with E-state index in [0.717, 1.165) is 49.5 Å². The highest BCUT2D eigenvalue weighted by molar-refractivity contribution is 7.89. The first-order chi connectivity index (χ1) is 18.6. The summed E-state index contributed by atoms with van der Waals surface area (Å²) in [6.45, 7) is -0.245. The summed E-state index contributed by atoms with van der Waals surface area (Å²) in [6.07, 6.45) is -6.33. The number of ether oxygens (including phenoxy) is 1. The molecular weight excluding hydrogens is 558 g/mol. The molecule has 40 heavy (non-hydrogen) atoms. The van der Waals surface area contributed by atoms with Crippen LogP contribution in [0.4, 0.5) is 8.78 Å². The van der Waals surface area contributed by atoms with Crippen LogP contribution in [0.1, 0.15) is 12.5 Å². The van der Waals surface area contributed by atoms with Gasteiger partial charge in [-0.3, -0.25) is 4.79 Å². The van der Waals surface area contributed by atoms with Crippen LogP contribution in [0.25, 0.3) is 6.08 Å². The second-order valence-electron chi connectivity index (χ2n) is 8.64. The number of likely N-dealkylation sites (N-methyl/N-ethyl adjacent to an activating group) is 1. The molecule has 1 amide bonds. The molecule has 0 aliphatic carbocycles. The number of aliphatic hydroxyl groups is 5. The number of benzene rings is 2. The van der Waals surface area contributed by atoms with Crippen LogP contribution in [0.15, 0.2) is 51.9 Å². The van der Waals surface area contributed by atoms with Crippen LogP contribution in [0.2, 0.25) is 0 Å². The molecule has 0 saturated carbocycles. The van der Waals surface area contributed by atoms with E-state index in [1.54, 1.807) is 0 Å². The molecule has 0 spiro atoms. The van der Waals surface area contributed by atoms with Crippen molar-refractivity contribution >= 4 is 28.0 Å². The quantitative estimate of drug-likeness (QED) is 0.0905. The fourth-order valence-electron chi connectivity index (χ4n) is 3.29. The van der Waals surface area contributed by atoms with E-state index in [-0.39, 0.29) is 21.8 Å². The van der Waals surface area contributed by atoms with Crippen LogP contribution in [0.3, 0.4) is 0 Å². The molecule has 2 aromatic rings. The number of rotatable bonds is 12. The molecule has 16 heteroatoms. The van der Waals surface area contributed by atoms with Crippen LogP contribution < -0.4 is 16.2 Å². The molecule has 9 N–H and O–H groups in total. The van der Waals surface area contributed by atoms with Crippen molar-refractivity contribution in [3.63, 3.8) is 0 Å². The van der Waals surface area contributed by atoms with Gasteiger partial charge in [0.15, 0.2) is 23.3 Å². The number of aliphatic imine (C=N–C) groups is 1. The topological polar surface area (TPSA) is 229 Å². The maximum Gasteiger partial charge on any atom is 0.275 e. The van der Waals surface area contributed by atoms with Crippen LogP contribution in [-0.4, -0.2) is 94.7 Å². The van der Waals surface area contributed by atoms with Crippen molar-refractivity contribution in [1.82, 2.24) is 4.31 Å². The summed E-state index contributed by atoms with van der Waals surface area (Å²) in [5, 5.41) is 47.9. The zero-order valence-corrected chi connectivity index (χ0v) is 22.2. The number of nitrogens with zero attached hydrogens (tertiary/aromatic N) is 2. The number of amides is 1. The van der Waals surface area contributed by atoms with E-state index in [2.05, 4.69) is 4.99 Å². The lowest BCUT2D eigenvalue weighted by Gasteiger charge is -2.28. The third-order valence-electron chi connectivity index (χ3n) is 5.49. The highest BCUT2D eigenvalue weighted by Gasteiger charge is 2.33. The van der Waals surface area contributed by atoms with Crippen LogP contribution in [0, 0.1) is 11.6 Å². The molecule has 0 unspecified atom stereocenters. The van der Waals surface area contributed by atoms with E-state index < -0.39 is 76.8 Å². The zero-order chi connectivity index (χ0) is 30.4. The van der Waals surface area contributed by atoms with Crippen molar-refractivity contribution in [2.45, 2.75) is 36.2 Å². The number of guanidine groups is 1. The zero-order valence-electron chi connectivity index (χ0n) is 21.3. The molecule has 0 fully saturated rings. The van der Waals surface area contributed by atoms with Gasteiger partial charge in [-0.1, -0.05) is 0 Å². The van der Waals surface area contributed by atoms with Gasteiger partial charge in [0.25, 0.3) is 5.91 Å². The van der Waals surface area contributed by atoms with Gasteiger partial charge >= 0.3 is 0 Å². The second kappa shape index (κ2) is 13.7. The van der Waals surface area contributed by atoms with Gasteiger partial charge in [-0.15, -0.1) is 0 Å². The number of aliphatic hydroxyl groups excluding tert-OH is 5.